The fourth-order valence-electron chi connectivity index (χ4n) is 1.61. The van der Waals surface area contributed by atoms with Crippen LogP contribution < -0.4 is 25.5 Å². The number of methoxy groups -OCH3 is 1. The fraction of sp³-hybridized carbons (Fsp3) is 0.500. The first-order valence-corrected chi connectivity index (χ1v) is 10.1. The van der Waals surface area contributed by atoms with Crippen molar-refractivity contribution in [3.05, 3.63) is 23.8 Å². The van der Waals surface area contributed by atoms with E-state index < -0.39 is 26.1 Å². The first-order chi connectivity index (χ1) is 10.4. The number of rotatable bonds is 6. The molecule has 0 aliphatic rings. The van der Waals surface area contributed by atoms with Crippen LogP contribution >= 0.6 is 0 Å². The number of hydrogen-bond donors (Lipinski definition) is 3. The lowest BCUT2D eigenvalue weighted by atomic mass is 10.1. The molecule has 0 bridgehead atoms. The largest absolute Gasteiger partial charge is 0.493 e. The minimum atomic E-state index is -3.67. The van der Waals surface area contributed by atoms with Crippen molar-refractivity contribution in [1.29, 1.82) is 0 Å². The Labute approximate surface area is 136 Å². The molecule has 6 N–H and O–H groups in total. The van der Waals surface area contributed by atoms with Gasteiger partial charge in [-0.1, -0.05) is 6.07 Å². The van der Waals surface area contributed by atoms with Gasteiger partial charge in [0.05, 0.1) is 19.5 Å². The summed E-state index contributed by atoms with van der Waals surface area (Å²) in [5.74, 6) is 1.08. The Morgan fingerprint density at radius 1 is 1.13 bits per heavy atom. The molecule has 1 aromatic rings. The van der Waals surface area contributed by atoms with E-state index in [9.17, 15) is 16.8 Å². The standard InChI is InChI=1S/C12H19NO4S.H4N2O2S/c1-4-17-12-7-9(5-6-11(12)16-2)10(13)8-18(3,14)15;1-5(2,3)4/h5-7,10H,4,8,13H2,1-3H3;(H4,1,2,3,4)/t10-;/m1./s1. The number of sulfone groups is 1. The van der Waals surface area contributed by atoms with Crippen molar-refractivity contribution in [3.8, 4) is 11.5 Å². The van der Waals surface area contributed by atoms with E-state index in [0.717, 1.165) is 0 Å². The quantitative estimate of drug-likeness (QED) is 0.595. The molecule has 0 heterocycles. The van der Waals surface area contributed by atoms with E-state index in [1.807, 2.05) is 6.92 Å². The van der Waals surface area contributed by atoms with Gasteiger partial charge in [0, 0.05) is 12.3 Å². The van der Waals surface area contributed by atoms with E-state index >= 15 is 0 Å². The number of ether oxygens (including phenoxy) is 2. The second kappa shape index (κ2) is 9.03. The second-order valence-corrected chi connectivity index (χ2v) is 7.99. The van der Waals surface area contributed by atoms with Crippen molar-refractivity contribution in [2.75, 3.05) is 25.7 Å². The molecule has 0 aromatic heterocycles. The normalized spacial score (nSPS) is 12.8. The molecule has 0 fully saturated rings. The minimum absolute atomic E-state index is 0.0924. The summed E-state index contributed by atoms with van der Waals surface area (Å²) in [4.78, 5) is 0. The average Bonchev–Trinajstić information content (AvgIpc) is 2.35. The van der Waals surface area contributed by atoms with Gasteiger partial charge in [0.2, 0.25) is 0 Å². The Kier molecular flexibility index (Phi) is 8.48. The number of benzene rings is 1. The minimum Gasteiger partial charge on any atom is -0.493 e. The summed E-state index contributed by atoms with van der Waals surface area (Å²) in [7, 11) is -5.23. The van der Waals surface area contributed by atoms with Crippen molar-refractivity contribution < 1.29 is 26.3 Å². The Balaban J connectivity index is 0.000000841. The van der Waals surface area contributed by atoms with Crippen LogP contribution in [0.4, 0.5) is 0 Å². The molecule has 0 aliphatic heterocycles. The highest BCUT2D eigenvalue weighted by atomic mass is 32.2. The molecule has 1 atom stereocenters. The third-order valence-corrected chi connectivity index (χ3v) is 3.36. The smallest absolute Gasteiger partial charge is 0.271 e. The first-order valence-electron chi connectivity index (χ1n) is 6.42. The average molecular weight is 369 g/mol. The van der Waals surface area contributed by atoms with Gasteiger partial charge in [-0.25, -0.2) is 18.7 Å². The van der Waals surface area contributed by atoms with E-state index in [1.54, 1.807) is 25.3 Å². The molecule has 23 heavy (non-hydrogen) atoms. The maximum atomic E-state index is 11.2. The van der Waals surface area contributed by atoms with E-state index in [2.05, 4.69) is 10.3 Å². The maximum absolute atomic E-state index is 11.2. The molecule has 0 spiro atoms. The zero-order valence-corrected chi connectivity index (χ0v) is 14.9. The second-order valence-electron chi connectivity index (χ2n) is 4.63. The van der Waals surface area contributed by atoms with Crippen LogP contribution in [0.15, 0.2) is 18.2 Å². The molecular formula is C12H23N3O6S2. The van der Waals surface area contributed by atoms with Gasteiger partial charge in [-0.15, -0.1) is 0 Å². The summed E-state index contributed by atoms with van der Waals surface area (Å²) in [6.07, 6.45) is 1.17. The SMILES string of the molecule is CCOc1cc([C@H](N)CS(C)(=O)=O)ccc1OC.NS(N)(=O)=O. The first kappa shape index (κ1) is 21.6. The summed E-state index contributed by atoms with van der Waals surface area (Å²) in [5, 5.41) is 8.21. The Hall–Kier alpha value is -1.40. The van der Waals surface area contributed by atoms with Crippen molar-refractivity contribution in [1.82, 2.24) is 0 Å². The molecule has 9 nitrogen and oxygen atoms in total. The summed E-state index contributed by atoms with van der Waals surface area (Å²) in [6.45, 7) is 2.36. The number of hydrogen-bond acceptors (Lipinski definition) is 7. The van der Waals surface area contributed by atoms with Crippen molar-refractivity contribution in [2.24, 2.45) is 16.0 Å². The highest BCUT2D eigenvalue weighted by Crippen LogP contribution is 2.30. The van der Waals surface area contributed by atoms with Gasteiger partial charge in [-0.2, -0.15) is 8.42 Å². The lowest BCUT2D eigenvalue weighted by molar-refractivity contribution is 0.310. The van der Waals surface area contributed by atoms with E-state index in [-0.39, 0.29) is 5.75 Å². The summed E-state index contributed by atoms with van der Waals surface area (Å²) >= 11 is 0. The molecule has 0 radical (unpaired) electrons. The Morgan fingerprint density at radius 2 is 1.65 bits per heavy atom. The van der Waals surface area contributed by atoms with Crippen LogP contribution in [0.1, 0.15) is 18.5 Å². The van der Waals surface area contributed by atoms with Crippen LogP contribution in [0.2, 0.25) is 0 Å². The van der Waals surface area contributed by atoms with E-state index in [0.29, 0.717) is 23.7 Å². The molecule has 0 saturated carbocycles. The third-order valence-electron chi connectivity index (χ3n) is 2.40. The predicted octanol–water partition coefficient (Wildman–Crippen LogP) is -0.713. The molecule has 1 aromatic carbocycles. The van der Waals surface area contributed by atoms with Crippen LogP contribution in [0.25, 0.3) is 0 Å². The van der Waals surface area contributed by atoms with Crippen LogP contribution in [0.3, 0.4) is 0 Å². The van der Waals surface area contributed by atoms with Gasteiger partial charge in [0.15, 0.2) is 11.5 Å². The van der Waals surface area contributed by atoms with Gasteiger partial charge in [-0.05, 0) is 24.6 Å². The van der Waals surface area contributed by atoms with Crippen LogP contribution in [0, 0.1) is 0 Å². The monoisotopic (exact) mass is 369 g/mol. The van der Waals surface area contributed by atoms with E-state index in [1.165, 1.54) is 6.26 Å². The summed E-state index contributed by atoms with van der Waals surface area (Å²) in [5.41, 5.74) is 6.57. The summed E-state index contributed by atoms with van der Waals surface area (Å²) < 4.78 is 51.4. The van der Waals surface area contributed by atoms with Gasteiger partial charge in [0.25, 0.3) is 10.2 Å². The molecule has 0 saturated heterocycles. The van der Waals surface area contributed by atoms with Gasteiger partial charge < -0.3 is 15.2 Å². The van der Waals surface area contributed by atoms with Crippen molar-refractivity contribution >= 4 is 20.0 Å². The van der Waals surface area contributed by atoms with Gasteiger partial charge >= 0.3 is 0 Å². The molecule has 134 valence electrons. The molecule has 0 unspecified atom stereocenters. The maximum Gasteiger partial charge on any atom is 0.271 e. The van der Waals surface area contributed by atoms with Crippen LogP contribution in [0.5, 0.6) is 11.5 Å². The zero-order chi connectivity index (χ0) is 18.3. The fourth-order valence-corrected chi connectivity index (χ4v) is 2.46. The Bertz CT molecular complexity index is 696. The van der Waals surface area contributed by atoms with Gasteiger partial charge in [0.1, 0.15) is 9.84 Å². The van der Waals surface area contributed by atoms with Crippen molar-refractivity contribution in [2.45, 2.75) is 13.0 Å². The lowest BCUT2D eigenvalue weighted by Gasteiger charge is -2.15. The van der Waals surface area contributed by atoms with Crippen LogP contribution in [-0.4, -0.2) is 42.6 Å². The van der Waals surface area contributed by atoms with Gasteiger partial charge in [-0.3, -0.25) is 0 Å². The van der Waals surface area contributed by atoms with Crippen molar-refractivity contribution in [3.63, 3.8) is 0 Å². The summed E-state index contributed by atoms with van der Waals surface area (Å²) in [6, 6.07) is 4.63. The molecule has 1 rings (SSSR count). The topological polar surface area (TPSA) is 165 Å². The molecule has 0 amide bonds. The van der Waals surface area contributed by atoms with E-state index in [4.69, 9.17) is 15.2 Å². The number of nitrogens with two attached hydrogens (primary N) is 3. The van der Waals surface area contributed by atoms with Crippen LogP contribution in [-0.2, 0) is 20.0 Å². The molecule has 11 heteroatoms. The third kappa shape index (κ3) is 10.9. The lowest BCUT2D eigenvalue weighted by Crippen LogP contribution is -2.21. The predicted molar refractivity (Wildman–Crippen MR) is 88.1 cm³/mol. The Morgan fingerprint density at radius 3 is 2.04 bits per heavy atom. The molecular weight excluding hydrogens is 346 g/mol. The zero-order valence-electron chi connectivity index (χ0n) is 13.2. The highest BCUT2D eigenvalue weighted by Gasteiger charge is 2.15. The highest BCUT2D eigenvalue weighted by molar-refractivity contribution is 7.90. The molecule has 0 aliphatic carbocycles.